The molecule has 0 aliphatic carbocycles. The topological polar surface area (TPSA) is 24.1 Å². The first kappa shape index (κ1) is 13.7. The average molecular weight is 198 g/mol. The Morgan fingerprint density at radius 2 is 1.21 bits per heavy atom. The zero-order chi connectivity index (χ0) is 10.5. The van der Waals surface area contributed by atoms with E-state index >= 15 is 0 Å². The second-order valence-corrected chi connectivity index (χ2v) is 3.59. The highest BCUT2D eigenvalue weighted by molar-refractivity contribution is 4.85. The molecule has 0 heterocycles. The van der Waals surface area contributed by atoms with E-state index in [0.717, 1.165) is 26.2 Å². The van der Waals surface area contributed by atoms with Crippen molar-refractivity contribution in [2.24, 2.45) is 0 Å². The lowest BCUT2D eigenvalue weighted by molar-refractivity contribution is 0.672. The van der Waals surface area contributed by atoms with Crippen LogP contribution in [-0.2, 0) is 0 Å². The highest BCUT2D eigenvalue weighted by atomic mass is 14.8. The van der Waals surface area contributed by atoms with Crippen LogP contribution in [0.15, 0.2) is 12.2 Å². The van der Waals surface area contributed by atoms with E-state index in [1.165, 1.54) is 25.7 Å². The molecule has 0 saturated carbocycles. The highest BCUT2D eigenvalue weighted by Gasteiger charge is 1.83. The van der Waals surface area contributed by atoms with Crippen LogP contribution >= 0.6 is 0 Å². The van der Waals surface area contributed by atoms with Crippen LogP contribution in [0, 0.1) is 0 Å². The molecule has 2 heteroatoms. The van der Waals surface area contributed by atoms with Gasteiger partial charge in [0.05, 0.1) is 0 Å². The van der Waals surface area contributed by atoms with Crippen LogP contribution in [0.5, 0.6) is 0 Å². The molecule has 0 spiro atoms. The summed E-state index contributed by atoms with van der Waals surface area (Å²) in [5, 5.41) is 6.75. The summed E-state index contributed by atoms with van der Waals surface area (Å²) in [5.74, 6) is 0. The largest absolute Gasteiger partial charge is 0.313 e. The lowest BCUT2D eigenvalue weighted by Crippen LogP contribution is -2.17. The van der Waals surface area contributed by atoms with Crippen LogP contribution in [-0.4, -0.2) is 26.2 Å². The van der Waals surface area contributed by atoms with Gasteiger partial charge < -0.3 is 10.6 Å². The van der Waals surface area contributed by atoms with Crippen molar-refractivity contribution < 1.29 is 0 Å². The van der Waals surface area contributed by atoms with Crippen molar-refractivity contribution in [2.45, 2.75) is 39.5 Å². The number of rotatable bonds is 10. The highest BCUT2D eigenvalue weighted by Crippen LogP contribution is 1.83. The maximum absolute atomic E-state index is 3.37. The normalized spacial score (nSPS) is 11.3. The molecule has 0 amide bonds. The third kappa shape index (κ3) is 11.7. The van der Waals surface area contributed by atoms with E-state index in [-0.39, 0.29) is 0 Å². The molecule has 0 atom stereocenters. The lowest BCUT2D eigenvalue weighted by Gasteiger charge is -1.99. The third-order valence-corrected chi connectivity index (χ3v) is 2.11. The fraction of sp³-hybridized carbons (Fsp3) is 0.833. The maximum Gasteiger partial charge on any atom is 0.0135 e. The van der Waals surface area contributed by atoms with Gasteiger partial charge in [0.2, 0.25) is 0 Å². The van der Waals surface area contributed by atoms with E-state index in [9.17, 15) is 0 Å². The quantitative estimate of drug-likeness (QED) is 0.416. The van der Waals surface area contributed by atoms with Gasteiger partial charge in [-0.15, -0.1) is 0 Å². The standard InChI is InChI=1S/C12H26N2/c1-3-5-9-13-11-7-8-12-14-10-6-4-2/h7-8,13-14H,3-6,9-12H2,1-2H3/b8-7+. The second kappa shape index (κ2) is 12.7. The molecule has 0 saturated heterocycles. The zero-order valence-electron chi connectivity index (χ0n) is 9.81. The molecule has 2 N–H and O–H groups in total. The summed E-state index contributed by atoms with van der Waals surface area (Å²) in [4.78, 5) is 0. The first-order chi connectivity index (χ1) is 6.91. The van der Waals surface area contributed by atoms with Gasteiger partial charge in [-0.25, -0.2) is 0 Å². The minimum absolute atomic E-state index is 1.01. The van der Waals surface area contributed by atoms with E-state index in [1.54, 1.807) is 0 Å². The predicted octanol–water partition coefficient (Wildman–Crippen LogP) is 2.32. The van der Waals surface area contributed by atoms with Gasteiger partial charge >= 0.3 is 0 Å². The molecule has 0 aromatic carbocycles. The number of nitrogens with one attached hydrogen (secondary N) is 2. The molecule has 0 aromatic heterocycles. The second-order valence-electron chi connectivity index (χ2n) is 3.59. The van der Waals surface area contributed by atoms with Crippen molar-refractivity contribution in [3.63, 3.8) is 0 Å². The summed E-state index contributed by atoms with van der Waals surface area (Å²) < 4.78 is 0. The van der Waals surface area contributed by atoms with Gasteiger partial charge in [0.15, 0.2) is 0 Å². The fourth-order valence-corrected chi connectivity index (χ4v) is 1.14. The van der Waals surface area contributed by atoms with Crippen molar-refractivity contribution in [1.29, 1.82) is 0 Å². The van der Waals surface area contributed by atoms with Crippen LogP contribution in [0.1, 0.15) is 39.5 Å². The fourth-order valence-electron chi connectivity index (χ4n) is 1.14. The Kier molecular flexibility index (Phi) is 12.4. The van der Waals surface area contributed by atoms with Gasteiger partial charge in [-0.1, -0.05) is 38.8 Å². The van der Waals surface area contributed by atoms with E-state index < -0.39 is 0 Å². The zero-order valence-corrected chi connectivity index (χ0v) is 9.81. The van der Waals surface area contributed by atoms with Gasteiger partial charge in [-0.3, -0.25) is 0 Å². The minimum Gasteiger partial charge on any atom is -0.313 e. The van der Waals surface area contributed by atoms with Gasteiger partial charge in [-0.2, -0.15) is 0 Å². The molecular weight excluding hydrogens is 172 g/mol. The van der Waals surface area contributed by atoms with Crippen LogP contribution in [0.25, 0.3) is 0 Å². The molecule has 0 aromatic rings. The Hall–Kier alpha value is -0.340. The SMILES string of the molecule is CCCCNC/C=C/CNCCCC. The third-order valence-electron chi connectivity index (χ3n) is 2.11. The van der Waals surface area contributed by atoms with Gasteiger partial charge in [0.1, 0.15) is 0 Å². The van der Waals surface area contributed by atoms with Crippen molar-refractivity contribution in [3.05, 3.63) is 12.2 Å². The molecule has 0 aliphatic rings. The molecule has 0 radical (unpaired) electrons. The van der Waals surface area contributed by atoms with E-state index in [4.69, 9.17) is 0 Å². The molecule has 84 valence electrons. The predicted molar refractivity (Wildman–Crippen MR) is 64.7 cm³/mol. The minimum atomic E-state index is 1.01. The van der Waals surface area contributed by atoms with E-state index in [2.05, 4.69) is 36.6 Å². The number of hydrogen-bond donors (Lipinski definition) is 2. The Morgan fingerprint density at radius 1 is 0.786 bits per heavy atom. The summed E-state index contributed by atoms with van der Waals surface area (Å²) in [7, 11) is 0. The van der Waals surface area contributed by atoms with Gasteiger partial charge in [0, 0.05) is 13.1 Å². The molecule has 0 unspecified atom stereocenters. The van der Waals surface area contributed by atoms with Gasteiger partial charge in [-0.05, 0) is 25.9 Å². The van der Waals surface area contributed by atoms with E-state index in [0.29, 0.717) is 0 Å². The van der Waals surface area contributed by atoms with Crippen LogP contribution in [0.4, 0.5) is 0 Å². The summed E-state index contributed by atoms with van der Waals surface area (Å²) in [6, 6.07) is 0. The van der Waals surface area contributed by atoms with Crippen molar-refractivity contribution in [3.8, 4) is 0 Å². The summed E-state index contributed by atoms with van der Waals surface area (Å²) >= 11 is 0. The van der Waals surface area contributed by atoms with Gasteiger partial charge in [0.25, 0.3) is 0 Å². The molecule has 0 bridgehead atoms. The summed E-state index contributed by atoms with van der Waals surface area (Å²) in [5.41, 5.74) is 0. The molecule has 14 heavy (non-hydrogen) atoms. The van der Waals surface area contributed by atoms with Crippen molar-refractivity contribution >= 4 is 0 Å². The number of unbranched alkanes of at least 4 members (excludes halogenated alkanes) is 2. The smallest absolute Gasteiger partial charge is 0.0135 e. The van der Waals surface area contributed by atoms with Crippen LogP contribution < -0.4 is 10.6 Å². The molecule has 0 fully saturated rings. The average Bonchev–Trinajstić information content (AvgIpc) is 2.21. The van der Waals surface area contributed by atoms with Crippen molar-refractivity contribution in [2.75, 3.05) is 26.2 Å². The summed E-state index contributed by atoms with van der Waals surface area (Å²) in [6.07, 6.45) is 9.51. The van der Waals surface area contributed by atoms with Crippen LogP contribution in [0.2, 0.25) is 0 Å². The van der Waals surface area contributed by atoms with Crippen molar-refractivity contribution in [1.82, 2.24) is 10.6 Å². The Labute approximate surface area is 89.2 Å². The Balaban J connectivity index is 2.96. The lowest BCUT2D eigenvalue weighted by atomic mass is 10.3. The first-order valence-corrected chi connectivity index (χ1v) is 5.98. The monoisotopic (exact) mass is 198 g/mol. The molecule has 0 rings (SSSR count). The molecule has 0 aliphatic heterocycles. The number of hydrogen-bond acceptors (Lipinski definition) is 2. The Bertz CT molecular complexity index is 107. The molecular formula is C12H26N2. The first-order valence-electron chi connectivity index (χ1n) is 5.98. The van der Waals surface area contributed by atoms with Crippen LogP contribution in [0.3, 0.4) is 0 Å². The maximum atomic E-state index is 3.37. The Morgan fingerprint density at radius 3 is 1.57 bits per heavy atom. The molecule has 2 nitrogen and oxygen atoms in total. The summed E-state index contributed by atoms with van der Waals surface area (Å²) in [6.45, 7) is 8.74. The van der Waals surface area contributed by atoms with E-state index in [1.807, 2.05) is 0 Å².